The van der Waals surface area contributed by atoms with Crippen LogP contribution in [0.3, 0.4) is 0 Å². The number of carbonyl (C=O) groups is 1. The molecule has 1 N–H and O–H groups in total. The van der Waals surface area contributed by atoms with Gasteiger partial charge in [0, 0.05) is 42.0 Å². The van der Waals surface area contributed by atoms with Crippen molar-refractivity contribution in [1.29, 1.82) is 0 Å². The van der Waals surface area contributed by atoms with Gasteiger partial charge >= 0.3 is 0 Å². The van der Waals surface area contributed by atoms with E-state index in [4.69, 9.17) is 0 Å². The topological polar surface area (TPSA) is 35.6 Å². The molecule has 1 aliphatic heterocycles. The molecule has 3 rings (SSSR count). The van der Waals surface area contributed by atoms with Crippen LogP contribution in [0, 0.1) is 13.8 Å². The molecule has 0 aliphatic carbocycles. The van der Waals surface area contributed by atoms with Crippen molar-refractivity contribution in [2.45, 2.75) is 13.8 Å². The SMILES string of the molecule is Cc1cccc(C)c1N1CCN(CC(=O)Nc2ccc(Br)cc2)CC1. The average Bonchev–Trinajstić information content (AvgIpc) is 2.58. The van der Waals surface area contributed by atoms with E-state index >= 15 is 0 Å². The lowest BCUT2D eigenvalue weighted by Gasteiger charge is -2.37. The molecule has 2 aromatic carbocycles. The molecular formula is C20H24BrN3O. The number of anilines is 2. The first kappa shape index (κ1) is 18.0. The van der Waals surface area contributed by atoms with Crippen LogP contribution in [0.1, 0.15) is 11.1 Å². The number of piperazine rings is 1. The van der Waals surface area contributed by atoms with Gasteiger partial charge < -0.3 is 10.2 Å². The number of aryl methyl sites for hydroxylation is 2. The Morgan fingerprint density at radius 3 is 2.20 bits per heavy atom. The molecular weight excluding hydrogens is 378 g/mol. The number of rotatable bonds is 4. The molecule has 1 fully saturated rings. The van der Waals surface area contributed by atoms with Gasteiger partial charge in [-0.25, -0.2) is 0 Å². The quantitative estimate of drug-likeness (QED) is 0.845. The summed E-state index contributed by atoms with van der Waals surface area (Å²) < 4.78 is 1.01. The standard InChI is InChI=1S/C20H24BrN3O/c1-15-4-3-5-16(2)20(15)24-12-10-23(11-13-24)14-19(25)22-18-8-6-17(21)7-9-18/h3-9H,10-14H2,1-2H3,(H,22,25). The van der Waals surface area contributed by atoms with Crippen LogP contribution in [-0.4, -0.2) is 43.5 Å². The lowest BCUT2D eigenvalue weighted by molar-refractivity contribution is -0.117. The number of hydrogen-bond donors (Lipinski definition) is 1. The maximum absolute atomic E-state index is 12.2. The van der Waals surface area contributed by atoms with Crippen molar-refractivity contribution in [3.63, 3.8) is 0 Å². The predicted octanol–water partition coefficient (Wildman–Crippen LogP) is 3.83. The zero-order chi connectivity index (χ0) is 17.8. The van der Waals surface area contributed by atoms with Gasteiger partial charge in [0.2, 0.25) is 5.91 Å². The number of nitrogens with zero attached hydrogens (tertiary/aromatic N) is 2. The maximum Gasteiger partial charge on any atom is 0.238 e. The van der Waals surface area contributed by atoms with Gasteiger partial charge in [-0.1, -0.05) is 34.1 Å². The van der Waals surface area contributed by atoms with E-state index in [-0.39, 0.29) is 5.91 Å². The molecule has 0 saturated carbocycles. The van der Waals surface area contributed by atoms with E-state index in [9.17, 15) is 4.79 Å². The van der Waals surface area contributed by atoms with Crippen molar-refractivity contribution in [3.8, 4) is 0 Å². The fourth-order valence-electron chi connectivity index (χ4n) is 3.37. The second-order valence-electron chi connectivity index (χ2n) is 6.56. The minimum absolute atomic E-state index is 0.0443. The number of para-hydroxylation sites is 1. The van der Waals surface area contributed by atoms with Crippen LogP contribution in [0.2, 0.25) is 0 Å². The number of benzene rings is 2. The van der Waals surface area contributed by atoms with E-state index in [0.29, 0.717) is 6.54 Å². The predicted molar refractivity (Wildman–Crippen MR) is 107 cm³/mol. The van der Waals surface area contributed by atoms with Crippen LogP contribution in [0.4, 0.5) is 11.4 Å². The Bertz CT molecular complexity index is 717. The van der Waals surface area contributed by atoms with Crippen molar-refractivity contribution in [3.05, 3.63) is 58.1 Å². The summed E-state index contributed by atoms with van der Waals surface area (Å²) in [7, 11) is 0. The van der Waals surface area contributed by atoms with Crippen LogP contribution in [0.25, 0.3) is 0 Å². The van der Waals surface area contributed by atoms with Crippen molar-refractivity contribution >= 4 is 33.2 Å². The molecule has 4 nitrogen and oxygen atoms in total. The number of carbonyl (C=O) groups excluding carboxylic acids is 1. The highest BCUT2D eigenvalue weighted by Gasteiger charge is 2.21. The van der Waals surface area contributed by atoms with E-state index in [1.807, 2.05) is 24.3 Å². The Morgan fingerprint density at radius 2 is 1.60 bits per heavy atom. The minimum Gasteiger partial charge on any atom is -0.369 e. The molecule has 1 aliphatic rings. The highest BCUT2D eigenvalue weighted by atomic mass is 79.9. The zero-order valence-corrected chi connectivity index (χ0v) is 16.3. The largest absolute Gasteiger partial charge is 0.369 e. The number of nitrogens with one attached hydrogen (secondary N) is 1. The zero-order valence-electron chi connectivity index (χ0n) is 14.8. The van der Waals surface area contributed by atoms with Crippen LogP contribution >= 0.6 is 15.9 Å². The summed E-state index contributed by atoms with van der Waals surface area (Å²) in [5.74, 6) is 0.0443. The van der Waals surface area contributed by atoms with Gasteiger partial charge in [-0.15, -0.1) is 0 Å². The van der Waals surface area contributed by atoms with Crippen LogP contribution in [-0.2, 0) is 4.79 Å². The molecule has 5 heteroatoms. The molecule has 2 aromatic rings. The summed E-state index contributed by atoms with van der Waals surface area (Å²) >= 11 is 3.40. The van der Waals surface area contributed by atoms with Gasteiger partial charge in [0.1, 0.15) is 0 Å². The van der Waals surface area contributed by atoms with Crippen LogP contribution in [0.15, 0.2) is 46.9 Å². The fraction of sp³-hybridized carbons (Fsp3) is 0.350. The van der Waals surface area contributed by atoms with E-state index in [1.165, 1.54) is 16.8 Å². The van der Waals surface area contributed by atoms with Crippen molar-refractivity contribution < 1.29 is 4.79 Å². The highest BCUT2D eigenvalue weighted by molar-refractivity contribution is 9.10. The molecule has 25 heavy (non-hydrogen) atoms. The molecule has 0 spiro atoms. The van der Waals surface area contributed by atoms with Crippen molar-refractivity contribution in [2.24, 2.45) is 0 Å². The van der Waals surface area contributed by atoms with Crippen LogP contribution in [0.5, 0.6) is 0 Å². The Kier molecular flexibility index (Phi) is 5.76. The second kappa shape index (κ2) is 8.02. The molecule has 0 aromatic heterocycles. The molecule has 1 heterocycles. The third-order valence-electron chi connectivity index (χ3n) is 4.62. The summed E-state index contributed by atoms with van der Waals surface area (Å²) in [6, 6.07) is 14.1. The Balaban J connectivity index is 1.52. The first-order valence-corrected chi connectivity index (χ1v) is 9.41. The lowest BCUT2D eigenvalue weighted by Crippen LogP contribution is -2.49. The molecule has 1 amide bonds. The molecule has 0 atom stereocenters. The first-order valence-electron chi connectivity index (χ1n) is 8.62. The first-order chi connectivity index (χ1) is 12.0. The van der Waals surface area contributed by atoms with Gasteiger partial charge in [-0.05, 0) is 49.2 Å². The second-order valence-corrected chi connectivity index (χ2v) is 7.47. The smallest absolute Gasteiger partial charge is 0.238 e. The fourth-order valence-corrected chi connectivity index (χ4v) is 3.64. The van der Waals surface area contributed by atoms with Gasteiger partial charge in [0.05, 0.1) is 6.54 Å². The average molecular weight is 402 g/mol. The maximum atomic E-state index is 12.2. The molecule has 1 saturated heterocycles. The molecule has 0 unspecified atom stereocenters. The van der Waals surface area contributed by atoms with Gasteiger partial charge in [-0.3, -0.25) is 9.69 Å². The third-order valence-corrected chi connectivity index (χ3v) is 5.15. The summed E-state index contributed by atoms with van der Waals surface area (Å²) in [6.07, 6.45) is 0. The van der Waals surface area contributed by atoms with Crippen molar-refractivity contribution in [1.82, 2.24) is 4.90 Å². The highest BCUT2D eigenvalue weighted by Crippen LogP contribution is 2.25. The van der Waals surface area contributed by atoms with Gasteiger partial charge in [-0.2, -0.15) is 0 Å². The van der Waals surface area contributed by atoms with Crippen molar-refractivity contribution in [2.75, 3.05) is 42.9 Å². The normalized spacial score (nSPS) is 15.2. The van der Waals surface area contributed by atoms with E-state index < -0.39 is 0 Å². The molecule has 0 radical (unpaired) electrons. The molecule has 132 valence electrons. The monoisotopic (exact) mass is 401 g/mol. The Labute approximate surface area is 158 Å². The Hall–Kier alpha value is -1.85. The van der Waals surface area contributed by atoms with E-state index in [1.54, 1.807) is 0 Å². The summed E-state index contributed by atoms with van der Waals surface area (Å²) in [5, 5.41) is 2.96. The number of amides is 1. The number of hydrogen-bond acceptors (Lipinski definition) is 3. The summed E-state index contributed by atoms with van der Waals surface area (Å²) in [5.41, 5.74) is 4.83. The van der Waals surface area contributed by atoms with Crippen LogP contribution < -0.4 is 10.2 Å². The summed E-state index contributed by atoms with van der Waals surface area (Å²) in [4.78, 5) is 16.9. The van der Waals surface area contributed by atoms with Gasteiger partial charge in [0.25, 0.3) is 0 Å². The lowest BCUT2D eigenvalue weighted by atomic mass is 10.1. The minimum atomic E-state index is 0.0443. The third kappa shape index (κ3) is 4.61. The number of halogens is 1. The van der Waals surface area contributed by atoms with Gasteiger partial charge in [0.15, 0.2) is 0 Å². The van der Waals surface area contributed by atoms with E-state index in [2.05, 4.69) is 63.1 Å². The Morgan fingerprint density at radius 1 is 1.00 bits per heavy atom. The molecule has 0 bridgehead atoms. The van der Waals surface area contributed by atoms with E-state index in [0.717, 1.165) is 36.3 Å². The summed E-state index contributed by atoms with van der Waals surface area (Å²) in [6.45, 7) is 8.50.